The smallest absolute Gasteiger partial charge is 0.240 e. The summed E-state index contributed by atoms with van der Waals surface area (Å²) in [5, 5.41) is 3.32. The summed E-state index contributed by atoms with van der Waals surface area (Å²) >= 11 is 0. The summed E-state index contributed by atoms with van der Waals surface area (Å²) < 4.78 is 27.4. The van der Waals surface area contributed by atoms with E-state index in [1.807, 2.05) is 36.4 Å². The molecule has 0 aliphatic carbocycles. The Morgan fingerprint density at radius 1 is 1.19 bits per heavy atom. The van der Waals surface area contributed by atoms with Crippen molar-refractivity contribution in [3.8, 4) is 0 Å². The number of nitrogens with one attached hydrogen (secondary N) is 2. The van der Waals surface area contributed by atoms with E-state index in [-0.39, 0.29) is 0 Å². The second kappa shape index (κ2) is 5.50. The van der Waals surface area contributed by atoms with Gasteiger partial charge in [-0.3, -0.25) is 0 Å². The zero-order valence-electron chi connectivity index (χ0n) is 11.8. The van der Waals surface area contributed by atoms with Gasteiger partial charge in [0.05, 0.1) is 4.90 Å². The minimum atomic E-state index is -3.48. The lowest BCUT2D eigenvalue weighted by Gasteiger charge is -2.08. The van der Waals surface area contributed by atoms with E-state index in [0.29, 0.717) is 17.5 Å². The number of hydrogen-bond acceptors (Lipinski definition) is 3. The fraction of sp³-hybridized carbons (Fsp3) is 0.250. The third-order valence-electron chi connectivity index (χ3n) is 3.62. The summed E-state index contributed by atoms with van der Waals surface area (Å²) in [6.07, 6.45) is 0.859. The largest absolute Gasteiger partial charge is 0.382 e. The quantitative estimate of drug-likeness (QED) is 0.912. The molecule has 0 saturated carbocycles. The van der Waals surface area contributed by atoms with Gasteiger partial charge in [-0.15, -0.1) is 0 Å². The first-order valence-electron chi connectivity index (χ1n) is 6.98. The van der Waals surface area contributed by atoms with E-state index in [0.717, 1.165) is 23.2 Å². The number of rotatable bonds is 4. The summed E-state index contributed by atoms with van der Waals surface area (Å²) in [4.78, 5) is 0.327. The second-order valence-electron chi connectivity index (χ2n) is 5.38. The van der Waals surface area contributed by atoms with Crippen LogP contribution in [-0.4, -0.2) is 14.5 Å². The first kappa shape index (κ1) is 14.1. The predicted octanol–water partition coefficient (Wildman–Crippen LogP) is 2.52. The molecule has 21 heavy (non-hydrogen) atoms. The SMILES string of the molecule is CC1Cc2cc(S(=O)(=O)NCc3ccccc3)ccc2N1. The number of fused-ring (bicyclic) bond motifs is 1. The topological polar surface area (TPSA) is 58.2 Å². The zero-order valence-corrected chi connectivity index (χ0v) is 12.7. The maximum absolute atomic E-state index is 12.4. The highest BCUT2D eigenvalue weighted by molar-refractivity contribution is 7.89. The van der Waals surface area contributed by atoms with Crippen molar-refractivity contribution in [1.29, 1.82) is 0 Å². The summed E-state index contributed by atoms with van der Waals surface area (Å²) in [6.45, 7) is 2.39. The van der Waals surface area contributed by atoms with Crippen molar-refractivity contribution >= 4 is 15.7 Å². The normalized spacial score (nSPS) is 17.3. The Labute approximate surface area is 125 Å². The van der Waals surface area contributed by atoms with E-state index in [1.165, 1.54) is 0 Å². The molecule has 110 valence electrons. The Kier molecular flexibility index (Phi) is 3.69. The lowest BCUT2D eigenvalue weighted by atomic mass is 10.1. The standard InChI is InChI=1S/C16H18N2O2S/c1-12-9-14-10-15(7-8-16(14)18-12)21(19,20)17-11-13-5-3-2-4-6-13/h2-8,10,12,17-18H,9,11H2,1H3. The molecule has 0 radical (unpaired) electrons. The Morgan fingerprint density at radius 2 is 1.95 bits per heavy atom. The van der Waals surface area contributed by atoms with Gasteiger partial charge in [-0.1, -0.05) is 30.3 Å². The Bertz CT molecular complexity index is 742. The molecule has 0 bridgehead atoms. The van der Waals surface area contributed by atoms with Crippen LogP contribution in [0, 0.1) is 0 Å². The van der Waals surface area contributed by atoms with Gasteiger partial charge in [-0.05, 0) is 42.7 Å². The van der Waals surface area contributed by atoms with Crippen LogP contribution in [0.5, 0.6) is 0 Å². The van der Waals surface area contributed by atoms with Crippen LogP contribution in [0.25, 0.3) is 0 Å². The Hall–Kier alpha value is -1.85. The van der Waals surface area contributed by atoms with E-state index < -0.39 is 10.0 Å². The Balaban J connectivity index is 1.78. The number of hydrogen-bond donors (Lipinski definition) is 2. The van der Waals surface area contributed by atoms with Crippen LogP contribution in [0.2, 0.25) is 0 Å². The molecule has 0 saturated heterocycles. The average Bonchev–Trinajstić information content (AvgIpc) is 2.85. The molecule has 1 aliphatic rings. The fourth-order valence-electron chi connectivity index (χ4n) is 2.55. The minimum Gasteiger partial charge on any atom is -0.382 e. The van der Waals surface area contributed by atoms with Gasteiger partial charge in [0.15, 0.2) is 0 Å². The lowest BCUT2D eigenvalue weighted by molar-refractivity contribution is 0.581. The van der Waals surface area contributed by atoms with Gasteiger partial charge < -0.3 is 5.32 Å². The lowest BCUT2D eigenvalue weighted by Crippen LogP contribution is -2.23. The van der Waals surface area contributed by atoms with Crippen molar-refractivity contribution in [3.63, 3.8) is 0 Å². The first-order valence-corrected chi connectivity index (χ1v) is 8.46. The molecule has 5 heteroatoms. The van der Waals surface area contributed by atoms with Crippen LogP contribution in [0.4, 0.5) is 5.69 Å². The molecule has 3 rings (SSSR count). The molecule has 1 aliphatic heterocycles. The van der Waals surface area contributed by atoms with E-state index in [9.17, 15) is 8.42 Å². The van der Waals surface area contributed by atoms with Crippen LogP contribution in [0.1, 0.15) is 18.1 Å². The molecule has 2 aromatic rings. The minimum absolute atomic E-state index is 0.301. The molecule has 0 fully saturated rings. The molecule has 2 aromatic carbocycles. The number of benzene rings is 2. The van der Waals surface area contributed by atoms with Crippen molar-refractivity contribution in [3.05, 3.63) is 59.7 Å². The highest BCUT2D eigenvalue weighted by Crippen LogP contribution is 2.28. The van der Waals surface area contributed by atoms with Crippen LogP contribution in [0.3, 0.4) is 0 Å². The summed E-state index contributed by atoms with van der Waals surface area (Å²) in [7, 11) is -3.48. The van der Waals surface area contributed by atoms with E-state index in [2.05, 4.69) is 17.0 Å². The van der Waals surface area contributed by atoms with Crippen LogP contribution < -0.4 is 10.0 Å². The van der Waals surface area contributed by atoms with E-state index in [1.54, 1.807) is 12.1 Å². The van der Waals surface area contributed by atoms with Crippen LogP contribution in [-0.2, 0) is 23.0 Å². The van der Waals surface area contributed by atoms with Gasteiger partial charge in [0, 0.05) is 18.3 Å². The van der Waals surface area contributed by atoms with Gasteiger partial charge in [-0.25, -0.2) is 13.1 Å². The third kappa shape index (κ3) is 3.09. The highest BCUT2D eigenvalue weighted by atomic mass is 32.2. The second-order valence-corrected chi connectivity index (χ2v) is 7.15. The maximum atomic E-state index is 12.4. The maximum Gasteiger partial charge on any atom is 0.240 e. The van der Waals surface area contributed by atoms with Crippen LogP contribution in [0.15, 0.2) is 53.4 Å². The molecular formula is C16H18N2O2S. The zero-order chi connectivity index (χ0) is 14.9. The fourth-order valence-corrected chi connectivity index (χ4v) is 3.62. The third-order valence-corrected chi connectivity index (χ3v) is 5.02. The molecule has 1 unspecified atom stereocenters. The van der Waals surface area contributed by atoms with E-state index in [4.69, 9.17) is 0 Å². The molecule has 0 amide bonds. The van der Waals surface area contributed by atoms with Gasteiger partial charge in [0.25, 0.3) is 0 Å². The molecule has 0 aromatic heterocycles. The summed E-state index contributed by atoms with van der Waals surface area (Å²) in [5.74, 6) is 0. The molecule has 4 nitrogen and oxygen atoms in total. The summed E-state index contributed by atoms with van der Waals surface area (Å²) in [5.41, 5.74) is 3.03. The monoisotopic (exact) mass is 302 g/mol. The molecular weight excluding hydrogens is 284 g/mol. The highest BCUT2D eigenvalue weighted by Gasteiger charge is 2.20. The van der Waals surface area contributed by atoms with Crippen molar-refractivity contribution in [1.82, 2.24) is 4.72 Å². The molecule has 1 atom stereocenters. The first-order chi connectivity index (χ1) is 10.0. The van der Waals surface area contributed by atoms with Gasteiger partial charge in [0.2, 0.25) is 10.0 Å². The average molecular weight is 302 g/mol. The number of sulfonamides is 1. The van der Waals surface area contributed by atoms with Crippen LogP contribution >= 0.6 is 0 Å². The summed E-state index contributed by atoms with van der Waals surface area (Å²) in [6, 6.07) is 15.1. The van der Waals surface area contributed by atoms with Gasteiger partial charge >= 0.3 is 0 Å². The predicted molar refractivity (Wildman–Crippen MR) is 83.7 cm³/mol. The van der Waals surface area contributed by atoms with Crippen molar-refractivity contribution in [2.75, 3.05) is 5.32 Å². The van der Waals surface area contributed by atoms with Crippen molar-refractivity contribution < 1.29 is 8.42 Å². The van der Waals surface area contributed by atoms with Crippen molar-refractivity contribution in [2.45, 2.75) is 30.8 Å². The molecule has 1 heterocycles. The Morgan fingerprint density at radius 3 is 2.71 bits per heavy atom. The van der Waals surface area contributed by atoms with Gasteiger partial charge in [-0.2, -0.15) is 0 Å². The molecule has 0 spiro atoms. The van der Waals surface area contributed by atoms with E-state index >= 15 is 0 Å². The van der Waals surface area contributed by atoms with Gasteiger partial charge in [0.1, 0.15) is 0 Å². The van der Waals surface area contributed by atoms with Crippen molar-refractivity contribution in [2.24, 2.45) is 0 Å². The molecule has 2 N–H and O–H groups in total. The number of anilines is 1.